The topological polar surface area (TPSA) is 91.6 Å². The number of carbonyl (C=O) groups is 2. The molecular formula is C34H33N3O4. The average Bonchev–Trinajstić information content (AvgIpc) is 3.30. The number of rotatable bonds is 13. The van der Waals surface area contributed by atoms with E-state index < -0.39 is 5.97 Å². The van der Waals surface area contributed by atoms with Crippen molar-refractivity contribution in [2.24, 2.45) is 9.98 Å². The molecule has 2 aliphatic heterocycles. The van der Waals surface area contributed by atoms with E-state index in [2.05, 4.69) is 0 Å². The fourth-order valence-electron chi connectivity index (χ4n) is 4.81. The van der Waals surface area contributed by atoms with Crippen LogP contribution in [-0.2, 0) is 16.0 Å². The highest BCUT2D eigenvalue weighted by Gasteiger charge is 2.35. The van der Waals surface area contributed by atoms with Gasteiger partial charge in [0.2, 0.25) is 0 Å². The van der Waals surface area contributed by atoms with Crippen molar-refractivity contribution in [2.75, 3.05) is 6.61 Å². The number of nitrogens with zero attached hydrogens (tertiary/aromatic N) is 3. The minimum absolute atomic E-state index is 0.192. The van der Waals surface area contributed by atoms with Crippen molar-refractivity contribution in [3.63, 3.8) is 0 Å². The molecule has 0 saturated heterocycles. The lowest BCUT2D eigenvalue weighted by Gasteiger charge is -2.21. The first-order valence-corrected chi connectivity index (χ1v) is 14.0. The second-order valence-electron chi connectivity index (χ2n) is 10.1. The van der Waals surface area contributed by atoms with E-state index >= 15 is 0 Å². The summed E-state index contributed by atoms with van der Waals surface area (Å²) in [5.41, 5.74) is 4.68. The quantitative estimate of drug-likeness (QED) is 0.189. The van der Waals surface area contributed by atoms with Crippen molar-refractivity contribution in [3.05, 3.63) is 114 Å². The number of carboxylic acid groups (broad SMARTS) is 1. The van der Waals surface area contributed by atoms with Gasteiger partial charge in [-0.1, -0.05) is 92.1 Å². The van der Waals surface area contributed by atoms with E-state index in [0.717, 1.165) is 66.0 Å². The van der Waals surface area contributed by atoms with Crippen LogP contribution in [0.2, 0.25) is 0 Å². The van der Waals surface area contributed by atoms with Crippen molar-refractivity contribution < 1.29 is 19.4 Å². The molecule has 2 aliphatic rings. The summed E-state index contributed by atoms with van der Waals surface area (Å²) in [6, 6.07) is 27.6. The molecule has 1 amide bonds. The fraction of sp³-hybridized carbons (Fsp3) is 0.235. The first kappa shape index (κ1) is 27.8. The van der Waals surface area contributed by atoms with Gasteiger partial charge in [-0.25, -0.2) is 9.98 Å². The lowest BCUT2D eigenvalue weighted by Crippen LogP contribution is -2.36. The number of benzene rings is 3. The van der Waals surface area contributed by atoms with Gasteiger partial charge in [0.1, 0.15) is 11.4 Å². The molecule has 0 bridgehead atoms. The van der Waals surface area contributed by atoms with Crippen molar-refractivity contribution in [3.8, 4) is 5.75 Å². The summed E-state index contributed by atoms with van der Waals surface area (Å²) < 4.78 is 5.94. The van der Waals surface area contributed by atoms with Gasteiger partial charge in [-0.3, -0.25) is 14.5 Å². The summed E-state index contributed by atoms with van der Waals surface area (Å²) in [6.07, 6.45) is 8.89. The smallest absolute Gasteiger partial charge is 0.303 e. The van der Waals surface area contributed by atoms with Crippen LogP contribution < -0.4 is 4.74 Å². The predicted octanol–water partition coefficient (Wildman–Crippen LogP) is 6.77. The third-order valence-electron chi connectivity index (χ3n) is 6.91. The second-order valence-corrected chi connectivity index (χ2v) is 10.1. The summed E-state index contributed by atoms with van der Waals surface area (Å²) in [7, 11) is 0. The Bertz CT molecular complexity index is 1510. The Morgan fingerprint density at radius 1 is 0.854 bits per heavy atom. The summed E-state index contributed by atoms with van der Waals surface area (Å²) >= 11 is 0. The van der Waals surface area contributed by atoms with Crippen molar-refractivity contribution in [1.82, 2.24) is 4.90 Å². The largest absolute Gasteiger partial charge is 0.494 e. The molecule has 0 radical (unpaired) electrons. The lowest BCUT2D eigenvalue weighted by molar-refractivity contribution is -0.137. The van der Waals surface area contributed by atoms with E-state index in [1.807, 2.05) is 84.9 Å². The van der Waals surface area contributed by atoms with E-state index in [4.69, 9.17) is 19.8 Å². The Morgan fingerprint density at radius 2 is 1.59 bits per heavy atom. The number of hydrogen-bond donors (Lipinski definition) is 1. The molecule has 0 aromatic heterocycles. The maximum Gasteiger partial charge on any atom is 0.303 e. The number of fused-ring (bicyclic) bond motifs is 1. The van der Waals surface area contributed by atoms with E-state index in [0.29, 0.717) is 24.6 Å². The SMILES string of the molecule is O=C(O)CCCCCCCOc1cccc(C=C2N=C3C(Cc4ccccc4)=NC(c4ccccc4)=CN3C2=O)c1. The Hall–Kier alpha value is -4.78. The standard InChI is InChI=1S/C34H33N3O4/c38-32(39)19-10-2-1-3-11-20-41-28-18-12-15-26(21-28)23-30-34(40)37-24-31(27-16-8-5-9-17-27)35-29(33(37)36-30)22-25-13-6-4-7-14-25/h4-9,12-18,21,23-24H,1-3,10-11,19-20,22H2,(H,38,39). The van der Waals surface area contributed by atoms with Gasteiger partial charge in [-0.2, -0.15) is 0 Å². The first-order chi connectivity index (χ1) is 20.1. The van der Waals surface area contributed by atoms with Gasteiger partial charge in [0.05, 0.1) is 18.0 Å². The first-order valence-electron chi connectivity index (χ1n) is 14.0. The third-order valence-corrected chi connectivity index (χ3v) is 6.91. The van der Waals surface area contributed by atoms with Crippen LogP contribution in [0.25, 0.3) is 11.8 Å². The molecule has 1 N–H and O–H groups in total. The highest BCUT2D eigenvalue weighted by atomic mass is 16.5. The van der Waals surface area contributed by atoms with Crippen molar-refractivity contribution in [1.29, 1.82) is 0 Å². The Balaban J connectivity index is 1.29. The van der Waals surface area contributed by atoms with Gasteiger partial charge >= 0.3 is 5.97 Å². The van der Waals surface area contributed by atoms with Crippen LogP contribution in [-0.4, -0.2) is 40.0 Å². The minimum atomic E-state index is -0.737. The zero-order valence-electron chi connectivity index (χ0n) is 22.9. The molecule has 208 valence electrons. The molecule has 0 aliphatic carbocycles. The van der Waals surface area contributed by atoms with Crippen LogP contribution in [0, 0.1) is 0 Å². The van der Waals surface area contributed by atoms with Gasteiger partial charge < -0.3 is 9.84 Å². The molecule has 0 atom stereocenters. The predicted molar refractivity (Wildman–Crippen MR) is 162 cm³/mol. The molecule has 3 aromatic rings. The lowest BCUT2D eigenvalue weighted by atomic mass is 10.1. The molecule has 3 aromatic carbocycles. The summed E-state index contributed by atoms with van der Waals surface area (Å²) in [5, 5.41) is 8.72. The van der Waals surface area contributed by atoms with E-state index in [9.17, 15) is 9.59 Å². The third kappa shape index (κ3) is 7.45. The van der Waals surface area contributed by atoms with Gasteiger partial charge in [0.15, 0.2) is 5.84 Å². The van der Waals surface area contributed by atoms with Gasteiger partial charge in [0, 0.05) is 24.6 Å². The average molecular weight is 548 g/mol. The summed E-state index contributed by atoms with van der Waals surface area (Å²) in [6.45, 7) is 0.584. The number of amides is 1. The van der Waals surface area contributed by atoms with E-state index in [1.165, 1.54) is 0 Å². The molecule has 7 heteroatoms. The highest BCUT2D eigenvalue weighted by Crippen LogP contribution is 2.29. The summed E-state index contributed by atoms with van der Waals surface area (Å²) in [4.78, 5) is 35.4. The zero-order valence-corrected chi connectivity index (χ0v) is 22.9. The van der Waals surface area contributed by atoms with Crippen LogP contribution in [0.4, 0.5) is 0 Å². The molecule has 0 unspecified atom stereocenters. The van der Waals surface area contributed by atoms with E-state index in [1.54, 1.807) is 17.2 Å². The van der Waals surface area contributed by atoms with Crippen molar-refractivity contribution >= 4 is 35.2 Å². The van der Waals surface area contributed by atoms with E-state index in [-0.39, 0.29) is 12.3 Å². The molecule has 0 fully saturated rings. The highest BCUT2D eigenvalue weighted by molar-refractivity contribution is 6.48. The second kappa shape index (κ2) is 13.5. The molecule has 0 spiro atoms. The van der Waals surface area contributed by atoms with Crippen LogP contribution in [0.5, 0.6) is 5.75 Å². The fourth-order valence-corrected chi connectivity index (χ4v) is 4.81. The number of amidine groups is 1. The minimum Gasteiger partial charge on any atom is -0.494 e. The molecule has 2 heterocycles. The Labute approximate surface area is 240 Å². The van der Waals surface area contributed by atoms with Crippen LogP contribution >= 0.6 is 0 Å². The molecular weight excluding hydrogens is 514 g/mol. The number of aliphatic imine (C=N–C) groups is 2. The van der Waals surface area contributed by atoms with Crippen LogP contribution in [0.1, 0.15) is 55.2 Å². The molecule has 41 heavy (non-hydrogen) atoms. The number of aliphatic carboxylic acids is 1. The number of carboxylic acids is 1. The van der Waals surface area contributed by atoms with Gasteiger partial charge in [0.25, 0.3) is 5.91 Å². The number of unbranched alkanes of at least 4 members (excludes halogenated alkanes) is 4. The van der Waals surface area contributed by atoms with Crippen LogP contribution in [0.15, 0.2) is 107 Å². The number of carbonyl (C=O) groups excluding carboxylic acids is 1. The Kier molecular flexibility index (Phi) is 9.16. The van der Waals surface area contributed by atoms with Gasteiger partial charge in [-0.05, 0) is 42.2 Å². The normalized spacial score (nSPS) is 15.3. The molecule has 7 nitrogen and oxygen atoms in total. The maximum absolute atomic E-state index is 13.5. The maximum atomic E-state index is 13.5. The van der Waals surface area contributed by atoms with Gasteiger partial charge in [-0.15, -0.1) is 0 Å². The number of hydrogen-bond acceptors (Lipinski definition) is 5. The molecule has 5 rings (SSSR count). The Morgan fingerprint density at radius 3 is 2.37 bits per heavy atom. The molecule has 0 saturated carbocycles. The summed E-state index contributed by atoms with van der Waals surface area (Å²) in [5.74, 6) is 0.362. The number of ether oxygens (including phenoxy) is 1. The zero-order chi connectivity index (χ0) is 28.4. The van der Waals surface area contributed by atoms with Crippen molar-refractivity contribution in [2.45, 2.75) is 44.9 Å². The van der Waals surface area contributed by atoms with Crippen LogP contribution in [0.3, 0.4) is 0 Å². The monoisotopic (exact) mass is 547 g/mol.